The third-order valence-corrected chi connectivity index (χ3v) is 6.59. The fourth-order valence-corrected chi connectivity index (χ4v) is 4.94. The summed E-state index contributed by atoms with van der Waals surface area (Å²) in [5.74, 6) is 0.511. The molecule has 0 aliphatic rings. The van der Waals surface area contributed by atoms with E-state index < -0.39 is 6.04 Å². The average molecular weight is 436 g/mol. The van der Waals surface area contributed by atoms with Crippen LogP contribution in [0.3, 0.4) is 0 Å². The first kappa shape index (κ1) is 21.1. The maximum absolute atomic E-state index is 13.4. The zero-order chi connectivity index (χ0) is 22.0. The van der Waals surface area contributed by atoms with Crippen molar-refractivity contribution in [2.45, 2.75) is 39.8 Å². The van der Waals surface area contributed by atoms with Crippen LogP contribution in [0, 0.1) is 6.92 Å². The lowest BCUT2D eigenvalue weighted by Gasteiger charge is -2.18. The van der Waals surface area contributed by atoms with Gasteiger partial charge in [0.25, 0.3) is 5.56 Å². The van der Waals surface area contributed by atoms with Gasteiger partial charge in [-0.1, -0.05) is 43.3 Å². The first-order chi connectivity index (χ1) is 15.0. The highest BCUT2D eigenvalue weighted by atomic mass is 32.1. The van der Waals surface area contributed by atoms with Crippen LogP contribution in [0.5, 0.6) is 5.75 Å². The minimum atomic E-state index is -0.687. The van der Waals surface area contributed by atoms with Gasteiger partial charge in [-0.15, -0.1) is 11.3 Å². The highest BCUT2D eigenvalue weighted by Crippen LogP contribution is 2.33. The van der Waals surface area contributed by atoms with Crippen molar-refractivity contribution in [3.05, 3.63) is 70.1 Å². The molecule has 0 spiro atoms. The number of nitrogens with one attached hydrogen (secondary N) is 1. The number of carbonyl (C=O) groups excluding carboxylic acids is 1. The number of carbonyl (C=O) groups is 1. The maximum Gasteiger partial charge on any atom is 0.276 e. The molecule has 6 nitrogen and oxygen atoms in total. The summed E-state index contributed by atoms with van der Waals surface area (Å²) >= 11 is 1.56. The number of aromatic nitrogens is 2. The van der Waals surface area contributed by atoms with Crippen LogP contribution >= 0.6 is 11.3 Å². The maximum atomic E-state index is 13.4. The Balaban J connectivity index is 1.67. The van der Waals surface area contributed by atoms with E-state index in [9.17, 15) is 9.59 Å². The van der Waals surface area contributed by atoms with Gasteiger partial charge >= 0.3 is 0 Å². The fraction of sp³-hybridized carbons (Fsp3) is 0.292. The van der Waals surface area contributed by atoms with Gasteiger partial charge in [0.1, 0.15) is 11.8 Å². The lowest BCUT2D eigenvalue weighted by molar-refractivity contribution is -0.125. The van der Waals surface area contributed by atoms with E-state index in [0.717, 1.165) is 31.8 Å². The van der Waals surface area contributed by atoms with E-state index in [1.54, 1.807) is 11.3 Å². The lowest BCUT2D eigenvalue weighted by atomic mass is 10.1. The second-order valence-corrected chi connectivity index (χ2v) is 8.37. The van der Waals surface area contributed by atoms with Gasteiger partial charge in [0.15, 0.2) is 0 Å². The van der Waals surface area contributed by atoms with E-state index in [2.05, 4.69) is 10.4 Å². The Hall–Kier alpha value is -3.19. The van der Waals surface area contributed by atoms with E-state index in [1.165, 1.54) is 4.68 Å². The minimum absolute atomic E-state index is 0.227. The van der Waals surface area contributed by atoms with E-state index in [1.807, 2.05) is 69.3 Å². The molecule has 0 aliphatic heterocycles. The molecule has 0 fully saturated rings. The van der Waals surface area contributed by atoms with E-state index in [0.29, 0.717) is 25.0 Å². The topological polar surface area (TPSA) is 73.2 Å². The zero-order valence-electron chi connectivity index (χ0n) is 17.8. The molecule has 0 saturated carbocycles. The predicted molar refractivity (Wildman–Crippen MR) is 125 cm³/mol. The SMILES string of the molecule is CCOc1ccccc1CNC(=O)C(CC)n1nc(C)c2sc3ccccc3c2c1=O. The van der Waals surface area contributed by atoms with Crippen molar-refractivity contribution in [2.75, 3.05) is 6.61 Å². The molecule has 1 unspecified atom stereocenters. The summed E-state index contributed by atoms with van der Waals surface area (Å²) in [7, 11) is 0. The van der Waals surface area contributed by atoms with Gasteiger partial charge in [-0.2, -0.15) is 5.10 Å². The highest BCUT2D eigenvalue weighted by Gasteiger charge is 2.24. The van der Waals surface area contributed by atoms with Crippen molar-refractivity contribution < 1.29 is 9.53 Å². The summed E-state index contributed by atoms with van der Waals surface area (Å²) in [6.07, 6.45) is 0.457. The Kier molecular flexibility index (Phi) is 6.04. The summed E-state index contributed by atoms with van der Waals surface area (Å²) in [5, 5.41) is 9.03. The Morgan fingerprint density at radius 3 is 2.68 bits per heavy atom. The third-order valence-electron chi connectivity index (χ3n) is 5.31. The number of amides is 1. The quantitative estimate of drug-likeness (QED) is 0.461. The zero-order valence-corrected chi connectivity index (χ0v) is 18.7. The van der Waals surface area contributed by atoms with Gasteiger partial charge in [0.05, 0.1) is 22.4 Å². The summed E-state index contributed by atoms with van der Waals surface area (Å²) in [6, 6.07) is 14.8. The fourth-order valence-electron chi connectivity index (χ4n) is 3.81. The first-order valence-electron chi connectivity index (χ1n) is 10.4. The molecule has 1 atom stereocenters. The monoisotopic (exact) mass is 435 g/mol. The molecule has 0 aliphatic carbocycles. The average Bonchev–Trinajstić information content (AvgIpc) is 3.18. The molecule has 2 aromatic heterocycles. The van der Waals surface area contributed by atoms with Crippen LogP contribution in [0.15, 0.2) is 53.3 Å². The molecule has 4 rings (SSSR count). The van der Waals surface area contributed by atoms with E-state index >= 15 is 0 Å². The highest BCUT2D eigenvalue weighted by molar-refractivity contribution is 7.26. The second-order valence-electron chi connectivity index (χ2n) is 7.32. The number of hydrogen-bond donors (Lipinski definition) is 1. The Morgan fingerprint density at radius 2 is 1.90 bits per heavy atom. The van der Waals surface area contributed by atoms with Crippen molar-refractivity contribution in [3.63, 3.8) is 0 Å². The van der Waals surface area contributed by atoms with Crippen LogP contribution in [0.25, 0.3) is 20.2 Å². The van der Waals surface area contributed by atoms with E-state index in [4.69, 9.17) is 4.74 Å². The van der Waals surface area contributed by atoms with Crippen molar-refractivity contribution >= 4 is 37.4 Å². The number of thiophene rings is 1. The number of rotatable bonds is 7. The minimum Gasteiger partial charge on any atom is -0.494 e. The van der Waals surface area contributed by atoms with Crippen molar-refractivity contribution in [2.24, 2.45) is 0 Å². The molecular formula is C24H25N3O3S. The molecule has 1 amide bonds. The molecular weight excluding hydrogens is 410 g/mol. The molecule has 0 saturated heterocycles. The van der Waals surface area contributed by atoms with Gasteiger partial charge in [-0.3, -0.25) is 9.59 Å². The third kappa shape index (κ3) is 3.93. The summed E-state index contributed by atoms with van der Waals surface area (Å²) < 4.78 is 8.91. The Morgan fingerprint density at radius 1 is 1.16 bits per heavy atom. The van der Waals surface area contributed by atoms with Crippen molar-refractivity contribution in [1.29, 1.82) is 0 Å². The lowest BCUT2D eigenvalue weighted by Crippen LogP contribution is -2.38. The summed E-state index contributed by atoms with van der Waals surface area (Å²) in [6.45, 7) is 6.57. The normalized spacial score (nSPS) is 12.2. The number of aryl methyl sites for hydroxylation is 1. The summed E-state index contributed by atoms with van der Waals surface area (Å²) in [4.78, 5) is 26.5. The molecule has 31 heavy (non-hydrogen) atoms. The number of hydrogen-bond acceptors (Lipinski definition) is 5. The van der Waals surface area contributed by atoms with Gasteiger partial charge in [0.2, 0.25) is 5.91 Å². The molecule has 4 aromatic rings. The smallest absolute Gasteiger partial charge is 0.276 e. The van der Waals surface area contributed by atoms with E-state index in [-0.39, 0.29) is 11.5 Å². The van der Waals surface area contributed by atoms with Gasteiger partial charge in [0, 0.05) is 22.2 Å². The molecule has 0 bridgehead atoms. The number of para-hydroxylation sites is 1. The Labute approximate surface area is 184 Å². The number of nitrogens with zero attached hydrogens (tertiary/aromatic N) is 2. The largest absolute Gasteiger partial charge is 0.494 e. The van der Waals surface area contributed by atoms with Gasteiger partial charge < -0.3 is 10.1 Å². The molecule has 7 heteroatoms. The molecule has 0 radical (unpaired) electrons. The number of fused-ring (bicyclic) bond motifs is 3. The molecule has 160 valence electrons. The first-order valence-corrected chi connectivity index (χ1v) is 11.3. The van der Waals surface area contributed by atoms with Crippen molar-refractivity contribution in [1.82, 2.24) is 15.1 Å². The van der Waals surface area contributed by atoms with Crippen LogP contribution in [0.4, 0.5) is 0 Å². The number of ether oxygens (including phenoxy) is 1. The van der Waals surface area contributed by atoms with Gasteiger partial charge in [-0.05, 0) is 32.4 Å². The van der Waals surface area contributed by atoms with Crippen LogP contribution in [0.2, 0.25) is 0 Å². The van der Waals surface area contributed by atoms with Gasteiger partial charge in [-0.25, -0.2) is 4.68 Å². The second kappa shape index (κ2) is 8.89. The number of benzene rings is 2. The standard InChI is InChI=1S/C24H25N3O3S/c1-4-18(23(28)25-14-16-10-6-8-12-19(16)30-5-2)27-24(29)21-17-11-7-9-13-20(17)31-22(21)15(3)26-27/h6-13,18H,4-5,14H2,1-3H3,(H,25,28). The van der Waals surface area contributed by atoms with Crippen LogP contribution in [0.1, 0.15) is 37.6 Å². The molecule has 2 heterocycles. The molecule has 1 N–H and O–H groups in total. The predicted octanol–water partition coefficient (Wildman–Crippen LogP) is 4.59. The van der Waals surface area contributed by atoms with Crippen molar-refractivity contribution in [3.8, 4) is 5.75 Å². The molecule has 2 aromatic carbocycles. The van der Waals surface area contributed by atoms with Crippen LogP contribution < -0.4 is 15.6 Å². The Bertz CT molecular complexity index is 1310. The summed E-state index contributed by atoms with van der Waals surface area (Å²) in [5.41, 5.74) is 1.42. The van der Waals surface area contributed by atoms with Crippen LogP contribution in [-0.2, 0) is 11.3 Å². The van der Waals surface area contributed by atoms with Crippen LogP contribution in [-0.4, -0.2) is 22.3 Å².